The molecule has 3 nitrogen and oxygen atoms in total. The Labute approximate surface area is 106 Å². The third-order valence-corrected chi connectivity index (χ3v) is 4.50. The van der Waals surface area contributed by atoms with Crippen LogP contribution in [-0.4, -0.2) is 42.8 Å². The summed E-state index contributed by atoms with van der Waals surface area (Å²) in [6.45, 7) is 6.18. The fourth-order valence-corrected chi connectivity index (χ4v) is 3.29. The van der Waals surface area contributed by atoms with Gasteiger partial charge in [-0.3, -0.25) is 4.90 Å². The maximum atomic E-state index is 6.52. The summed E-state index contributed by atoms with van der Waals surface area (Å²) in [7, 11) is 0. The lowest BCUT2D eigenvalue weighted by Gasteiger charge is -2.42. The van der Waals surface area contributed by atoms with E-state index in [1.54, 1.807) is 0 Å². The third kappa shape index (κ3) is 3.67. The molecular weight excluding hydrogens is 212 g/mol. The first kappa shape index (κ1) is 13.3. The normalized spacial score (nSPS) is 26.3. The molecule has 2 fully saturated rings. The summed E-state index contributed by atoms with van der Waals surface area (Å²) in [6.07, 6.45) is 9.03. The van der Waals surface area contributed by atoms with Gasteiger partial charge in [0.25, 0.3) is 0 Å². The maximum absolute atomic E-state index is 6.52. The molecule has 1 aliphatic heterocycles. The van der Waals surface area contributed by atoms with Crippen molar-refractivity contribution in [3.05, 3.63) is 0 Å². The molecule has 17 heavy (non-hydrogen) atoms. The molecule has 0 aromatic carbocycles. The van der Waals surface area contributed by atoms with Crippen LogP contribution in [-0.2, 0) is 4.74 Å². The monoisotopic (exact) mass is 240 g/mol. The molecule has 100 valence electrons. The molecule has 1 heterocycles. The van der Waals surface area contributed by atoms with Crippen molar-refractivity contribution in [1.82, 2.24) is 4.90 Å². The maximum Gasteiger partial charge on any atom is 0.0484 e. The molecular formula is C14H28N2O. The standard InChI is InChI=1S/C14H28N2O/c1-2-16(13-6-4-3-5-7-13)12-14(15)8-10-17-11-9-14/h13H,2-12,15H2,1H3. The van der Waals surface area contributed by atoms with E-state index >= 15 is 0 Å². The topological polar surface area (TPSA) is 38.5 Å². The lowest BCUT2D eigenvalue weighted by Crippen LogP contribution is -2.55. The Morgan fingerprint density at radius 2 is 1.82 bits per heavy atom. The van der Waals surface area contributed by atoms with E-state index in [0.717, 1.165) is 45.2 Å². The zero-order valence-corrected chi connectivity index (χ0v) is 11.3. The van der Waals surface area contributed by atoms with Crippen LogP contribution in [0.15, 0.2) is 0 Å². The van der Waals surface area contributed by atoms with E-state index in [1.807, 2.05) is 0 Å². The molecule has 0 aromatic heterocycles. The Kier molecular flexibility index (Phi) is 4.83. The highest BCUT2D eigenvalue weighted by Gasteiger charge is 2.32. The van der Waals surface area contributed by atoms with Gasteiger partial charge in [-0.1, -0.05) is 26.2 Å². The Balaban J connectivity index is 1.88. The molecule has 0 amide bonds. The van der Waals surface area contributed by atoms with Gasteiger partial charge in [0.2, 0.25) is 0 Å². The highest BCUT2D eigenvalue weighted by atomic mass is 16.5. The van der Waals surface area contributed by atoms with Crippen molar-refractivity contribution in [2.45, 2.75) is 63.5 Å². The summed E-state index contributed by atoms with van der Waals surface area (Å²) in [4.78, 5) is 2.63. The number of ether oxygens (including phenoxy) is 1. The van der Waals surface area contributed by atoms with Crippen molar-refractivity contribution in [2.24, 2.45) is 5.73 Å². The van der Waals surface area contributed by atoms with Gasteiger partial charge in [0, 0.05) is 31.3 Å². The largest absolute Gasteiger partial charge is 0.381 e. The first-order valence-electron chi connectivity index (χ1n) is 7.34. The van der Waals surface area contributed by atoms with Crippen LogP contribution in [0.5, 0.6) is 0 Å². The molecule has 1 saturated heterocycles. The molecule has 0 spiro atoms. The smallest absolute Gasteiger partial charge is 0.0484 e. The van der Waals surface area contributed by atoms with E-state index < -0.39 is 0 Å². The summed E-state index contributed by atoms with van der Waals surface area (Å²) in [5.74, 6) is 0. The molecule has 0 radical (unpaired) electrons. The SMILES string of the molecule is CCN(CC1(N)CCOCC1)C1CCCCC1. The Morgan fingerprint density at radius 1 is 1.18 bits per heavy atom. The first-order valence-corrected chi connectivity index (χ1v) is 7.34. The number of nitrogens with zero attached hydrogens (tertiary/aromatic N) is 1. The lowest BCUT2D eigenvalue weighted by atomic mass is 9.88. The molecule has 2 aliphatic rings. The van der Waals surface area contributed by atoms with Crippen molar-refractivity contribution >= 4 is 0 Å². The predicted molar refractivity (Wildman–Crippen MR) is 71.1 cm³/mol. The van der Waals surface area contributed by atoms with Crippen LogP contribution in [0.2, 0.25) is 0 Å². The molecule has 0 atom stereocenters. The van der Waals surface area contributed by atoms with Crippen molar-refractivity contribution < 1.29 is 4.74 Å². The predicted octanol–water partition coefficient (Wildman–Crippen LogP) is 2.15. The molecule has 1 aliphatic carbocycles. The number of likely N-dealkylation sites (N-methyl/N-ethyl adjacent to an activating group) is 1. The summed E-state index contributed by atoms with van der Waals surface area (Å²) in [5.41, 5.74) is 6.53. The van der Waals surface area contributed by atoms with Gasteiger partial charge >= 0.3 is 0 Å². The van der Waals surface area contributed by atoms with Crippen molar-refractivity contribution in [3.8, 4) is 0 Å². The molecule has 0 unspecified atom stereocenters. The fraction of sp³-hybridized carbons (Fsp3) is 1.00. The van der Waals surface area contributed by atoms with Gasteiger partial charge < -0.3 is 10.5 Å². The van der Waals surface area contributed by atoms with Crippen LogP contribution in [0.1, 0.15) is 51.9 Å². The minimum Gasteiger partial charge on any atom is -0.381 e. The second kappa shape index (κ2) is 6.17. The van der Waals surface area contributed by atoms with Crippen molar-refractivity contribution in [3.63, 3.8) is 0 Å². The minimum atomic E-state index is 0.00566. The van der Waals surface area contributed by atoms with Crippen molar-refractivity contribution in [1.29, 1.82) is 0 Å². The van der Waals surface area contributed by atoms with E-state index in [9.17, 15) is 0 Å². The van der Waals surface area contributed by atoms with E-state index in [0.29, 0.717) is 0 Å². The van der Waals surface area contributed by atoms with Gasteiger partial charge in [-0.25, -0.2) is 0 Å². The zero-order chi connectivity index (χ0) is 12.1. The average molecular weight is 240 g/mol. The van der Waals surface area contributed by atoms with Crippen LogP contribution in [0, 0.1) is 0 Å². The first-order chi connectivity index (χ1) is 8.23. The number of nitrogens with two attached hydrogens (primary N) is 1. The highest BCUT2D eigenvalue weighted by Crippen LogP contribution is 2.26. The summed E-state index contributed by atoms with van der Waals surface area (Å²) < 4.78 is 5.43. The second-order valence-corrected chi connectivity index (χ2v) is 5.83. The summed E-state index contributed by atoms with van der Waals surface area (Å²) >= 11 is 0. The van der Waals surface area contributed by atoms with Crippen LogP contribution in [0.3, 0.4) is 0 Å². The van der Waals surface area contributed by atoms with Gasteiger partial charge in [0.15, 0.2) is 0 Å². The zero-order valence-electron chi connectivity index (χ0n) is 11.3. The van der Waals surface area contributed by atoms with E-state index in [1.165, 1.54) is 32.1 Å². The number of hydrogen-bond acceptors (Lipinski definition) is 3. The Morgan fingerprint density at radius 3 is 2.41 bits per heavy atom. The van der Waals surface area contributed by atoms with Crippen LogP contribution >= 0.6 is 0 Å². The van der Waals surface area contributed by atoms with Gasteiger partial charge in [-0.15, -0.1) is 0 Å². The quantitative estimate of drug-likeness (QED) is 0.818. The van der Waals surface area contributed by atoms with Crippen LogP contribution in [0.4, 0.5) is 0 Å². The van der Waals surface area contributed by atoms with E-state index in [2.05, 4.69) is 11.8 Å². The highest BCUT2D eigenvalue weighted by molar-refractivity contribution is 4.91. The molecule has 2 N–H and O–H groups in total. The lowest BCUT2D eigenvalue weighted by molar-refractivity contribution is 0.0275. The third-order valence-electron chi connectivity index (χ3n) is 4.50. The summed E-state index contributed by atoms with van der Waals surface area (Å²) in [6, 6.07) is 0.789. The molecule has 1 saturated carbocycles. The van der Waals surface area contributed by atoms with Gasteiger partial charge in [-0.2, -0.15) is 0 Å². The van der Waals surface area contributed by atoms with Crippen LogP contribution in [0.25, 0.3) is 0 Å². The molecule has 2 rings (SSSR count). The van der Waals surface area contributed by atoms with E-state index in [4.69, 9.17) is 10.5 Å². The summed E-state index contributed by atoms with van der Waals surface area (Å²) in [5, 5.41) is 0. The Hall–Kier alpha value is -0.120. The number of hydrogen-bond donors (Lipinski definition) is 1. The molecule has 3 heteroatoms. The minimum absolute atomic E-state index is 0.00566. The average Bonchev–Trinajstić information content (AvgIpc) is 2.38. The number of rotatable bonds is 4. The molecule has 0 aromatic rings. The Bertz CT molecular complexity index is 220. The van der Waals surface area contributed by atoms with Crippen LogP contribution < -0.4 is 5.73 Å². The van der Waals surface area contributed by atoms with Crippen molar-refractivity contribution in [2.75, 3.05) is 26.3 Å². The molecule has 0 bridgehead atoms. The fourth-order valence-electron chi connectivity index (χ4n) is 3.29. The second-order valence-electron chi connectivity index (χ2n) is 5.83. The van der Waals surface area contributed by atoms with Gasteiger partial charge in [0.05, 0.1) is 0 Å². The van der Waals surface area contributed by atoms with E-state index in [-0.39, 0.29) is 5.54 Å². The van der Waals surface area contributed by atoms with Gasteiger partial charge in [-0.05, 0) is 32.2 Å². The van der Waals surface area contributed by atoms with Gasteiger partial charge in [0.1, 0.15) is 0 Å².